The van der Waals surface area contributed by atoms with E-state index in [1.54, 1.807) is 0 Å². The summed E-state index contributed by atoms with van der Waals surface area (Å²) in [7, 11) is 0. The molecule has 1 fully saturated rings. The summed E-state index contributed by atoms with van der Waals surface area (Å²) in [4.78, 5) is 0. The highest BCUT2D eigenvalue weighted by atomic mass is 19.2. The van der Waals surface area contributed by atoms with Crippen LogP contribution in [0.1, 0.15) is 74.5 Å². The van der Waals surface area contributed by atoms with Crippen LogP contribution in [0.5, 0.6) is 0 Å². The van der Waals surface area contributed by atoms with Gasteiger partial charge in [-0.2, -0.15) is 0 Å². The van der Waals surface area contributed by atoms with Gasteiger partial charge in [0.1, 0.15) is 0 Å². The van der Waals surface area contributed by atoms with Gasteiger partial charge in [-0.3, -0.25) is 0 Å². The first-order valence-corrected chi connectivity index (χ1v) is 10.9. The van der Waals surface area contributed by atoms with Crippen molar-refractivity contribution in [1.82, 2.24) is 0 Å². The van der Waals surface area contributed by atoms with Crippen LogP contribution in [-0.2, 0) is 6.42 Å². The van der Waals surface area contributed by atoms with E-state index in [4.69, 9.17) is 0 Å². The summed E-state index contributed by atoms with van der Waals surface area (Å²) >= 11 is 0. The lowest BCUT2D eigenvalue weighted by atomic mass is 9.78. The number of benzene rings is 2. The molecule has 0 heterocycles. The summed E-state index contributed by atoms with van der Waals surface area (Å²) in [5.41, 5.74) is 3.43. The molecule has 3 rings (SSSR count). The van der Waals surface area contributed by atoms with Gasteiger partial charge in [-0.15, -0.1) is 0 Å². The first-order valence-electron chi connectivity index (χ1n) is 10.9. The summed E-state index contributed by atoms with van der Waals surface area (Å²) in [5, 5.41) is 0. The van der Waals surface area contributed by atoms with Crippen LogP contribution >= 0.6 is 0 Å². The molecule has 29 heavy (non-hydrogen) atoms. The first kappa shape index (κ1) is 21.3. The molecule has 0 saturated heterocycles. The summed E-state index contributed by atoms with van der Waals surface area (Å²) in [6.07, 6.45) is 13.8. The molecule has 0 nitrogen and oxygen atoms in total. The maximum Gasteiger partial charge on any atom is 0.160 e. The van der Waals surface area contributed by atoms with Crippen molar-refractivity contribution in [2.45, 2.75) is 64.2 Å². The molecule has 0 unspecified atom stereocenters. The summed E-state index contributed by atoms with van der Waals surface area (Å²) < 4.78 is 26.1. The highest BCUT2D eigenvalue weighted by Crippen LogP contribution is 2.36. The number of hydrogen-bond acceptors (Lipinski definition) is 0. The van der Waals surface area contributed by atoms with Crippen LogP contribution in [-0.4, -0.2) is 0 Å². The van der Waals surface area contributed by atoms with Gasteiger partial charge in [-0.05, 0) is 85.8 Å². The highest BCUT2D eigenvalue weighted by molar-refractivity contribution is 5.37. The van der Waals surface area contributed by atoms with Crippen molar-refractivity contribution in [3.8, 4) is 11.8 Å². The topological polar surface area (TPSA) is 0 Å². The van der Waals surface area contributed by atoms with E-state index in [-0.39, 0.29) is 0 Å². The molecule has 0 atom stereocenters. The van der Waals surface area contributed by atoms with Gasteiger partial charge in [0.2, 0.25) is 0 Å². The largest absolute Gasteiger partial charge is 0.204 e. The van der Waals surface area contributed by atoms with E-state index in [0.29, 0.717) is 17.4 Å². The number of unbranched alkanes of at least 4 members (excludes halogenated alkanes) is 2. The molecule has 1 aliphatic rings. The molecule has 1 aliphatic carbocycles. The van der Waals surface area contributed by atoms with Crippen molar-refractivity contribution < 1.29 is 8.78 Å². The van der Waals surface area contributed by atoms with E-state index in [9.17, 15) is 8.78 Å². The van der Waals surface area contributed by atoms with Crippen LogP contribution in [0.15, 0.2) is 54.6 Å². The Kier molecular flexibility index (Phi) is 8.05. The molecule has 0 amide bonds. The molecule has 2 aromatic rings. The molecular formula is C27H30F2. The first-order chi connectivity index (χ1) is 14.2. The maximum atomic E-state index is 13.2. The number of aryl methyl sites for hydroxylation is 1. The average molecular weight is 393 g/mol. The van der Waals surface area contributed by atoms with Crippen LogP contribution in [0.25, 0.3) is 0 Å². The third-order valence-electron chi connectivity index (χ3n) is 5.88. The van der Waals surface area contributed by atoms with E-state index in [1.165, 1.54) is 68.6 Å². The van der Waals surface area contributed by atoms with Gasteiger partial charge in [0, 0.05) is 5.56 Å². The molecule has 2 heteroatoms. The Morgan fingerprint density at radius 1 is 0.931 bits per heavy atom. The molecule has 0 aromatic heterocycles. The average Bonchev–Trinajstić information content (AvgIpc) is 2.75. The number of halogens is 2. The molecule has 0 bridgehead atoms. The van der Waals surface area contributed by atoms with Gasteiger partial charge >= 0.3 is 0 Å². The van der Waals surface area contributed by atoms with Gasteiger partial charge in [-0.25, -0.2) is 8.78 Å². The standard InChI is InChI=1S/C27H30F2/c1-2-3-4-7-21-10-15-24(16-11-21)25-17-12-22(13-18-25)8-5-6-9-23-14-19-26(28)27(29)20-23/h5,8,10-11,14-16,19-20,22,25H,2-4,7,12-13,17-18H2,1H3/b8-5+. The normalized spacial score (nSPS) is 19.1. The summed E-state index contributed by atoms with van der Waals surface area (Å²) in [5.74, 6) is 5.34. The van der Waals surface area contributed by atoms with Crippen molar-refractivity contribution >= 4 is 0 Å². The van der Waals surface area contributed by atoms with Gasteiger partial charge in [0.05, 0.1) is 0 Å². The molecule has 0 N–H and O–H groups in total. The monoisotopic (exact) mass is 392 g/mol. The minimum atomic E-state index is -0.854. The SMILES string of the molecule is CCCCCc1ccc(C2CCC(/C=C/C#Cc3ccc(F)c(F)c3)CC2)cc1. The van der Waals surface area contributed by atoms with Crippen molar-refractivity contribution in [3.05, 3.63) is 82.9 Å². The van der Waals surface area contributed by atoms with Gasteiger partial charge in [-0.1, -0.05) is 61.9 Å². The zero-order valence-corrected chi connectivity index (χ0v) is 17.3. The van der Waals surface area contributed by atoms with Crippen molar-refractivity contribution in [2.24, 2.45) is 5.92 Å². The lowest BCUT2D eigenvalue weighted by molar-refractivity contribution is 0.376. The van der Waals surface area contributed by atoms with E-state index in [1.807, 2.05) is 6.08 Å². The molecular weight excluding hydrogens is 362 g/mol. The highest BCUT2D eigenvalue weighted by Gasteiger charge is 2.20. The predicted octanol–water partition coefficient (Wildman–Crippen LogP) is 7.58. The van der Waals surface area contributed by atoms with Gasteiger partial charge in [0.15, 0.2) is 11.6 Å². The number of hydrogen-bond donors (Lipinski definition) is 0. The van der Waals surface area contributed by atoms with Crippen LogP contribution < -0.4 is 0 Å². The Morgan fingerprint density at radius 2 is 1.69 bits per heavy atom. The van der Waals surface area contributed by atoms with Crippen molar-refractivity contribution in [2.75, 3.05) is 0 Å². The quantitative estimate of drug-likeness (QED) is 0.351. The minimum Gasteiger partial charge on any atom is -0.204 e. The summed E-state index contributed by atoms with van der Waals surface area (Å²) in [6.45, 7) is 2.24. The fraction of sp³-hybridized carbons (Fsp3) is 0.407. The fourth-order valence-corrected chi connectivity index (χ4v) is 4.06. The van der Waals surface area contributed by atoms with Gasteiger partial charge < -0.3 is 0 Å². The third-order valence-corrected chi connectivity index (χ3v) is 5.88. The van der Waals surface area contributed by atoms with Crippen LogP contribution in [0, 0.1) is 29.4 Å². The van der Waals surface area contributed by atoms with Crippen LogP contribution in [0.4, 0.5) is 8.78 Å². The second-order valence-corrected chi connectivity index (χ2v) is 8.07. The smallest absolute Gasteiger partial charge is 0.160 e. The van der Waals surface area contributed by atoms with Crippen LogP contribution in [0.2, 0.25) is 0 Å². The molecule has 1 saturated carbocycles. The molecule has 0 radical (unpaired) electrons. The number of allylic oxidation sites excluding steroid dienone is 2. The van der Waals surface area contributed by atoms with E-state index in [0.717, 1.165) is 12.1 Å². The third kappa shape index (κ3) is 6.57. The maximum absolute atomic E-state index is 13.2. The second kappa shape index (κ2) is 11.0. The fourth-order valence-electron chi connectivity index (χ4n) is 4.06. The Hall–Kier alpha value is -2.40. The molecule has 0 aliphatic heterocycles. The van der Waals surface area contributed by atoms with E-state index in [2.05, 4.69) is 49.1 Å². The molecule has 152 valence electrons. The minimum absolute atomic E-state index is 0.496. The Morgan fingerprint density at radius 3 is 2.38 bits per heavy atom. The van der Waals surface area contributed by atoms with Crippen molar-refractivity contribution in [3.63, 3.8) is 0 Å². The molecule has 2 aromatic carbocycles. The van der Waals surface area contributed by atoms with E-state index < -0.39 is 11.6 Å². The zero-order valence-electron chi connectivity index (χ0n) is 17.3. The molecule has 0 spiro atoms. The second-order valence-electron chi connectivity index (χ2n) is 8.07. The zero-order chi connectivity index (χ0) is 20.5. The van der Waals surface area contributed by atoms with Gasteiger partial charge in [0.25, 0.3) is 0 Å². The van der Waals surface area contributed by atoms with E-state index >= 15 is 0 Å². The van der Waals surface area contributed by atoms with Crippen molar-refractivity contribution in [1.29, 1.82) is 0 Å². The Balaban J connectivity index is 1.46. The Labute approximate surface area is 174 Å². The predicted molar refractivity (Wildman–Crippen MR) is 117 cm³/mol. The summed E-state index contributed by atoms with van der Waals surface area (Å²) in [6, 6.07) is 13.0. The van der Waals surface area contributed by atoms with Crippen LogP contribution in [0.3, 0.4) is 0 Å². The lowest BCUT2D eigenvalue weighted by Crippen LogP contribution is -2.11. The Bertz CT molecular complexity index is 860. The lowest BCUT2D eigenvalue weighted by Gasteiger charge is -2.27. The number of rotatable bonds is 6.